The molecule has 1 aliphatic carbocycles. The van der Waals surface area contributed by atoms with E-state index < -0.39 is 0 Å². The lowest BCUT2D eigenvalue weighted by Crippen LogP contribution is -2.21. The van der Waals surface area contributed by atoms with Crippen molar-refractivity contribution in [3.8, 4) is 0 Å². The topological polar surface area (TPSA) is 45.1 Å². The zero-order valence-corrected chi connectivity index (χ0v) is 9.63. The number of nitrogens with zero attached hydrogens (tertiary/aromatic N) is 1. The van der Waals surface area contributed by atoms with Crippen molar-refractivity contribution in [3.63, 3.8) is 0 Å². The smallest absolute Gasteiger partial charge is 0.126 e. The highest BCUT2D eigenvalue weighted by molar-refractivity contribution is 5.79. The second kappa shape index (κ2) is 4.34. The summed E-state index contributed by atoms with van der Waals surface area (Å²) in [4.78, 5) is 4.50. The number of aromatic nitrogens is 1. The minimum atomic E-state index is -0.233. The van der Waals surface area contributed by atoms with Gasteiger partial charge >= 0.3 is 0 Å². The summed E-state index contributed by atoms with van der Waals surface area (Å²) < 4.78 is 0. The molecule has 2 N–H and O–H groups in total. The third kappa shape index (κ3) is 2.39. The number of anilines is 1. The summed E-state index contributed by atoms with van der Waals surface area (Å²) in [7, 11) is 0. The van der Waals surface area contributed by atoms with Crippen LogP contribution in [-0.2, 0) is 0 Å². The van der Waals surface area contributed by atoms with E-state index in [-0.39, 0.29) is 6.10 Å². The Hall–Kier alpha value is -1.61. The van der Waals surface area contributed by atoms with Gasteiger partial charge in [0.25, 0.3) is 0 Å². The average molecular weight is 228 g/mol. The molecule has 1 fully saturated rings. The number of pyridine rings is 1. The molecule has 17 heavy (non-hydrogen) atoms. The first-order chi connectivity index (χ1) is 8.33. The van der Waals surface area contributed by atoms with Crippen LogP contribution in [0, 0.1) is 5.92 Å². The lowest BCUT2D eigenvalue weighted by molar-refractivity contribution is 0.164. The maximum atomic E-state index is 9.77. The van der Waals surface area contributed by atoms with E-state index in [1.54, 1.807) is 0 Å². The fourth-order valence-corrected chi connectivity index (χ4v) is 2.02. The predicted octanol–water partition coefficient (Wildman–Crippen LogP) is 2.42. The molecule has 1 aromatic carbocycles. The van der Waals surface area contributed by atoms with E-state index in [0.717, 1.165) is 29.6 Å². The Balaban J connectivity index is 1.71. The molecule has 1 aliphatic rings. The highest BCUT2D eigenvalue weighted by Crippen LogP contribution is 2.32. The van der Waals surface area contributed by atoms with E-state index in [9.17, 15) is 5.11 Å². The third-order valence-electron chi connectivity index (χ3n) is 3.26. The van der Waals surface area contributed by atoms with Gasteiger partial charge in [-0.3, -0.25) is 0 Å². The SMILES string of the molecule is OC(CNc1ccc2ccccc2n1)C1CC1. The van der Waals surface area contributed by atoms with Crippen LogP contribution in [0.2, 0.25) is 0 Å². The van der Waals surface area contributed by atoms with E-state index in [2.05, 4.69) is 10.3 Å². The fourth-order valence-electron chi connectivity index (χ4n) is 2.02. The zero-order valence-electron chi connectivity index (χ0n) is 9.63. The molecular formula is C14H16N2O. The minimum absolute atomic E-state index is 0.233. The zero-order chi connectivity index (χ0) is 11.7. The molecule has 1 heterocycles. The van der Waals surface area contributed by atoms with Crippen molar-refractivity contribution in [2.75, 3.05) is 11.9 Å². The van der Waals surface area contributed by atoms with Crippen LogP contribution >= 0.6 is 0 Å². The quantitative estimate of drug-likeness (QED) is 0.844. The number of aliphatic hydroxyl groups excluding tert-OH is 1. The van der Waals surface area contributed by atoms with Crippen LogP contribution in [0.25, 0.3) is 10.9 Å². The molecule has 0 radical (unpaired) electrons. The number of aliphatic hydroxyl groups is 1. The van der Waals surface area contributed by atoms with E-state index in [0.29, 0.717) is 12.5 Å². The van der Waals surface area contributed by atoms with Crippen LogP contribution < -0.4 is 5.32 Å². The van der Waals surface area contributed by atoms with Gasteiger partial charge in [-0.1, -0.05) is 18.2 Å². The van der Waals surface area contributed by atoms with Gasteiger partial charge in [0, 0.05) is 11.9 Å². The molecule has 0 saturated heterocycles. The summed E-state index contributed by atoms with van der Waals surface area (Å²) in [5, 5.41) is 14.1. The molecule has 3 heteroatoms. The summed E-state index contributed by atoms with van der Waals surface area (Å²) in [6.07, 6.45) is 2.09. The van der Waals surface area contributed by atoms with Gasteiger partial charge < -0.3 is 10.4 Å². The first-order valence-corrected chi connectivity index (χ1v) is 6.11. The fraction of sp³-hybridized carbons (Fsp3) is 0.357. The van der Waals surface area contributed by atoms with Crippen molar-refractivity contribution in [1.82, 2.24) is 4.98 Å². The van der Waals surface area contributed by atoms with Crippen molar-refractivity contribution in [1.29, 1.82) is 0 Å². The summed E-state index contributed by atoms with van der Waals surface area (Å²) in [5.41, 5.74) is 0.985. The number of nitrogens with one attached hydrogen (secondary N) is 1. The Bertz CT molecular complexity index is 522. The largest absolute Gasteiger partial charge is 0.391 e. The molecule has 88 valence electrons. The van der Waals surface area contributed by atoms with Crippen molar-refractivity contribution in [2.45, 2.75) is 18.9 Å². The standard InChI is InChI=1S/C14H16N2O/c17-13(11-5-6-11)9-15-14-8-7-10-3-1-2-4-12(10)16-14/h1-4,7-8,11,13,17H,5-6,9H2,(H,15,16). The van der Waals surface area contributed by atoms with Crippen LogP contribution in [0.1, 0.15) is 12.8 Å². The van der Waals surface area contributed by atoms with Gasteiger partial charge in [-0.2, -0.15) is 0 Å². The Kier molecular flexibility index (Phi) is 2.69. The van der Waals surface area contributed by atoms with E-state index in [1.165, 1.54) is 0 Å². The molecule has 1 saturated carbocycles. The highest BCUT2D eigenvalue weighted by Gasteiger charge is 2.29. The molecule has 0 amide bonds. The Labute approximate surface area is 100 Å². The normalized spacial score (nSPS) is 17.0. The molecule has 1 unspecified atom stereocenters. The molecule has 3 rings (SSSR count). The van der Waals surface area contributed by atoms with Crippen molar-refractivity contribution in [2.24, 2.45) is 5.92 Å². The first-order valence-electron chi connectivity index (χ1n) is 6.11. The molecule has 2 aromatic rings. The average Bonchev–Trinajstić information content (AvgIpc) is 3.20. The minimum Gasteiger partial charge on any atom is -0.391 e. The molecule has 0 aliphatic heterocycles. The summed E-state index contributed by atoms with van der Waals surface area (Å²) in [5.74, 6) is 1.34. The number of hydrogen-bond donors (Lipinski definition) is 2. The maximum absolute atomic E-state index is 9.77. The number of hydrogen-bond acceptors (Lipinski definition) is 3. The van der Waals surface area contributed by atoms with Gasteiger partial charge in [-0.05, 0) is 37.0 Å². The Morgan fingerprint density at radius 3 is 2.88 bits per heavy atom. The number of fused-ring (bicyclic) bond motifs is 1. The lowest BCUT2D eigenvalue weighted by atomic mass is 10.2. The molecule has 3 nitrogen and oxygen atoms in total. The van der Waals surface area contributed by atoms with Gasteiger partial charge in [0.05, 0.1) is 11.6 Å². The van der Waals surface area contributed by atoms with E-state index >= 15 is 0 Å². The second-order valence-electron chi connectivity index (χ2n) is 4.67. The number of para-hydroxylation sites is 1. The van der Waals surface area contributed by atoms with Gasteiger partial charge in [-0.25, -0.2) is 4.98 Å². The van der Waals surface area contributed by atoms with Gasteiger partial charge in [-0.15, -0.1) is 0 Å². The van der Waals surface area contributed by atoms with Crippen molar-refractivity contribution >= 4 is 16.7 Å². The highest BCUT2D eigenvalue weighted by atomic mass is 16.3. The Morgan fingerprint density at radius 1 is 1.24 bits per heavy atom. The van der Waals surface area contributed by atoms with Crippen LogP contribution in [0.15, 0.2) is 36.4 Å². The summed E-state index contributed by atoms with van der Waals surface area (Å²) in [6.45, 7) is 0.593. The van der Waals surface area contributed by atoms with Gasteiger partial charge in [0.1, 0.15) is 5.82 Å². The van der Waals surface area contributed by atoms with Crippen LogP contribution in [0.4, 0.5) is 5.82 Å². The molecule has 1 aromatic heterocycles. The van der Waals surface area contributed by atoms with Crippen LogP contribution in [-0.4, -0.2) is 22.7 Å². The predicted molar refractivity (Wildman–Crippen MR) is 69.0 cm³/mol. The van der Waals surface area contributed by atoms with Crippen LogP contribution in [0.5, 0.6) is 0 Å². The number of rotatable bonds is 4. The van der Waals surface area contributed by atoms with Crippen molar-refractivity contribution in [3.05, 3.63) is 36.4 Å². The summed E-state index contributed by atoms with van der Waals surface area (Å²) in [6, 6.07) is 12.0. The molecule has 0 bridgehead atoms. The first kappa shape index (κ1) is 10.5. The summed E-state index contributed by atoms with van der Waals surface area (Å²) >= 11 is 0. The molecular weight excluding hydrogens is 212 g/mol. The van der Waals surface area contributed by atoms with E-state index in [1.807, 2.05) is 36.4 Å². The molecule has 1 atom stereocenters. The van der Waals surface area contributed by atoms with Crippen LogP contribution in [0.3, 0.4) is 0 Å². The van der Waals surface area contributed by atoms with Gasteiger partial charge in [0.2, 0.25) is 0 Å². The van der Waals surface area contributed by atoms with E-state index in [4.69, 9.17) is 0 Å². The number of benzene rings is 1. The van der Waals surface area contributed by atoms with Gasteiger partial charge in [0.15, 0.2) is 0 Å². The monoisotopic (exact) mass is 228 g/mol. The Morgan fingerprint density at radius 2 is 2.06 bits per heavy atom. The lowest BCUT2D eigenvalue weighted by Gasteiger charge is -2.11. The van der Waals surface area contributed by atoms with Crippen molar-refractivity contribution < 1.29 is 5.11 Å². The molecule has 0 spiro atoms. The maximum Gasteiger partial charge on any atom is 0.126 e. The third-order valence-corrected chi connectivity index (χ3v) is 3.26. The second-order valence-corrected chi connectivity index (χ2v) is 4.67.